The number of H-pyrrole nitrogens is 1. The molecule has 17 heavy (non-hydrogen) atoms. The second-order valence-corrected chi connectivity index (χ2v) is 3.82. The fraction of sp³-hybridized carbons (Fsp3) is 0.0769. The van der Waals surface area contributed by atoms with Gasteiger partial charge in [0.15, 0.2) is 0 Å². The second kappa shape index (κ2) is 4.25. The minimum Gasteiger partial charge on any atom is -0.478 e. The fourth-order valence-corrected chi connectivity index (χ4v) is 1.63. The molecule has 4 heteroatoms. The number of carbonyl (C=O) groups is 1. The number of hydrogen-bond donors (Lipinski definition) is 2. The Morgan fingerprint density at radius 1 is 1.24 bits per heavy atom. The fourth-order valence-electron chi connectivity index (χ4n) is 1.63. The van der Waals surface area contributed by atoms with Gasteiger partial charge in [-0.25, -0.2) is 4.79 Å². The van der Waals surface area contributed by atoms with Crippen LogP contribution in [-0.4, -0.2) is 16.1 Å². The lowest BCUT2D eigenvalue weighted by atomic mass is 10.1. The summed E-state index contributed by atoms with van der Waals surface area (Å²) >= 11 is 0. The van der Waals surface area contributed by atoms with Crippen molar-refractivity contribution in [3.63, 3.8) is 0 Å². The summed E-state index contributed by atoms with van der Waals surface area (Å²) in [6.07, 6.45) is 0. The number of aromatic carboxylic acids is 1. The molecule has 2 aromatic rings. The molecule has 0 aliphatic rings. The molecule has 0 aliphatic carbocycles. The maximum atomic E-state index is 11.4. The van der Waals surface area contributed by atoms with Gasteiger partial charge in [-0.1, -0.05) is 23.8 Å². The largest absolute Gasteiger partial charge is 0.478 e. The molecule has 2 rings (SSSR count). The predicted octanol–water partition coefficient (Wildman–Crippen LogP) is 2.05. The van der Waals surface area contributed by atoms with Crippen LogP contribution in [0.2, 0.25) is 0 Å². The Kier molecular flexibility index (Phi) is 2.78. The zero-order valence-electron chi connectivity index (χ0n) is 9.23. The number of carboxylic acids is 1. The van der Waals surface area contributed by atoms with Gasteiger partial charge in [-0.05, 0) is 24.6 Å². The van der Waals surface area contributed by atoms with Crippen LogP contribution in [0.3, 0.4) is 0 Å². The quantitative estimate of drug-likeness (QED) is 0.827. The van der Waals surface area contributed by atoms with Crippen molar-refractivity contribution in [3.05, 3.63) is 57.9 Å². The summed E-state index contributed by atoms with van der Waals surface area (Å²) in [7, 11) is 0. The van der Waals surface area contributed by atoms with Crippen molar-refractivity contribution < 1.29 is 9.90 Å². The van der Waals surface area contributed by atoms with E-state index in [0.29, 0.717) is 5.69 Å². The molecular formula is C13H11NO3. The van der Waals surface area contributed by atoms with Gasteiger partial charge in [0.2, 0.25) is 5.56 Å². The first-order valence-electron chi connectivity index (χ1n) is 5.11. The average molecular weight is 229 g/mol. The highest BCUT2D eigenvalue weighted by Gasteiger charge is 2.07. The molecule has 0 unspecified atom stereocenters. The first kappa shape index (κ1) is 11.1. The van der Waals surface area contributed by atoms with Crippen LogP contribution in [0, 0.1) is 6.92 Å². The molecule has 86 valence electrons. The van der Waals surface area contributed by atoms with Crippen LogP contribution in [0.25, 0.3) is 11.3 Å². The van der Waals surface area contributed by atoms with E-state index < -0.39 is 11.5 Å². The van der Waals surface area contributed by atoms with E-state index in [9.17, 15) is 9.59 Å². The molecule has 0 radical (unpaired) electrons. The number of hydrogen-bond acceptors (Lipinski definition) is 2. The highest BCUT2D eigenvalue weighted by Crippen LogP contribution is 2.17. The topological polar surface area (TPSA) is 70.2 Å². The lowest BCUT2D eigenvalue weighted by Gasteiger charge is -2.03. The third kappa shape index (κ3) is 2.42. The van der Waals surface area contributed by atoms with Gasteiger partial charge in [-0.15, -0.1) is 0 Å². The van der Waals surface area contributed by atoms with Crippen molar-refractivity contribution in [3.8, 4) is 11.3 Å². The van der Waals surface area contributed by atoms with Crippen molar-refractivity contribution in [1.29, 1.82) is 0 Å². The van der Waals surface area contributed by atoms with Crippen molar-refractivity contribution in [2.24, 2.45) is 0 Å². The van der Waals surface area contributed by atoms with Crippen molar-refractivity contribution in [1.82, 2.24) is 4.98 Å². The highest BCUT2D eigenvalue weighted by molar-refractivity contribution is 5.88. The number of nitrogens with one attached hydrogen (secondary N) is 1. The van der Waals surface area contributed by atoms with E-state index in [1.807, 2.05) is 31.2 Å². The minimum absolute atomic E-state index is 0.00902. The first-order valence-corrected chi connectivity index (χ1v) is 5.11. The molecule has 0 saturated carbocycles. The number of carboxylic acid groups (broad SMARTS) is 1. The van der Waals surface area contributed by atoms with Crippen LogP contribution < -0.4 is 5.56 Å². The summed E-state index contributed by atoms with van der Waals surface area (Å²) in [5.41, 5.74) is 1.93. The normalized spacial score (nSPS) is 10.2. The van der Waals surface area contributed by atoms with Crippen molar-refractivity contribution in [2.45, 2.75) is 6.92 Å². The lowest BCUT2D eigenvalue weighted by molar-refractivity contribution is 0.0696. The SMILES string of the molecule is Cc1cccc(-c2cc(C(=O)O)cc(=O)[nH]2)c1. The Bertz CT molecular complexity index is 629. The molecule has 0 fully saturated rings. The van der Waals surface area contributed by atoms with Crippen LogP contribution in [0.1, 0.15) is 15.9 Å². The Labute approximate surface area is 97.6 Å². The third-order valence-corrected chi connectivity index (χ3v) is 2.42. The summed E-state index contributed by atoms with van der Waals surface area (Å²) in [5, 5.41) is 8.88. The lowest BCUT2D eigenvalue weighted by Crippen LogP contribution is -2.10. The van der Waals surface area contributed by atoms with Crippen molar-refractivity contribution >= 4 is 5.97 Å². The van der Waals surface area contributed by atoms with E-state index >= 15 is 0 Å². The number of rotatable bonds is 2. The van der Waals surface area contributed by atoms with E-state index in [1.54, 1.807) is 0 Å². The molecule has 4 nitrogen and oxygen atoms in total. The average Bonchev–Trinajstić information content (AvgIpc) is 2.28. The molecule has 2 N–H and O–H groups in total. The van der Waals surface area contributed by atoms with Crippen LogP contribution in [-0.2, 0) is 0 Å². The van der Waals surface area contributed by atoms with Gasteiger partial charge in [-0.3, -0.25) is 4.79 Å². The summed E-state index contributed by atoms with van der Waals surface area (Å²) < 4.78 is 0. The molecule has 0 bridgehead atoms. The molecule has 0 amide bonds. The second-order valence-electron chi connectivity index (χ2n) is 3.82. The van der Waals surface area contributed by atoms with E-state index in [2.05, 4.69) is 4.98 Å². The monoisotopic (exact) mass is 229 g/mol. The Morgan fingerprint density at radius 2 is 2.00 bits per heavy atom. The number of benzene rings is 1. The van der Waals surface area contributed by atoms with Crippen LogP contribution >= 0.6 is 0 Å². The Hall–Kier alpha value is -2.36. The van der Waals surface area contributed by atoms with Gasteiger partial charge in [0, 0.05) is 11.8 Å². The van der Waals surface area contributed by atoms with Crippen molar-refractivity contribution in [2.75, 3.05) is 0 Å². The van der Waals surface area contributed by atoms with E-state index in [1.165, 1.54) is 6.07 Å². The molecule has 0 saturated heterocycles. The molecule has 0 atom stereocenters. The van der Waals surface area contributed by atoms with Gasteiger partial charge in [0.05, 0.1) is 5.56 Å². The maximum Gasteiger partial charge on any atom is 0.335 e. The molecular weight excluding hydrogens is 218 g/mol. The van der Waals surface area contributed by atoms with E-state index in [0.717, 1.165) is 17.2 Å². The van der Waals surface area contributed by atoms with Gasteiger partial charge in [-0.2, -0.15) is 0 Å². The number of aryl methyl sites for hydroxylation is 1. The molecule has 0 spiro atoms. The minimum atomic E-state index is -1.11. The maximum absolute atomic E-state index is 11.4. The van der Waals surface area contributed by atoms with Crippen LogP contribution in [0.15, 0.2) is 41.2 Å². The zero-order chi connectivity index (χ0) is 12.4. The number of aromatic amines is 1. The van der Waals surface area contributed by atoms with Gasteiger partial charge in [0.1, 0.15) is 0 Å². The summed E-state index contributed by atoms with van der Waals surface area (Å²) in [6.45, 7) is 1.93. The first-order chi connectivity index (χ1) is 8.06. The van der Waals surface area contributed by atoms with Crippen LogP contribution in [0.4, 0.5) is 0 Å². The smallest absolute Gasteiger partial charge is 0.335 e. The van der Waals surface area contributed by atoms with Crippen LogP contribution in [0.5, 0.6) is 0 Å². The Morgan fingerprint density at radius 3 is 2.65 bits per heavy atom. The van der Waals surface area contributed by atoms with E-state index in [4.69, 9.17) is 5.11 Å². The molecule has 1 heterocycles. The molecule has 1 aromatic heterocycles. The standard InChI is InChI=1S/C13H11NO3/c1-8-3-2-4-9(5-8)11-6-10(13(16)17)7-12(15)14-11/h2-7H,1H3,(H,14,15)(H,16,17). The summed E-state index contributed by atoms with van der Waals surface area (Å²) in [4.78, 5) is 24.8. The van der Waals surface area contributed by atoms with Gasteiger partial charge < -0.3 is 10.1 Å². The summed E-state index contributed by atoms with van der Waals surface area (Å²) in [5.74, 6) is -1.11. The predicted molar refractivity (Wildman–Crippen MR) is 64.2 cm³/mol. The van der Waals surface area contributed by atoms with Gasteiger partial charge >= 0.3 is 5.97 Å². The molecule has 0 aliphatic heterocycles. The number of pyridine rings is 1. The third-order valence-electron chi connectivity index (χ3n) is 2.42. The van der Waals surface area contributed by atoms with Gasteiger partial charge in [0.25, 0.3) is 0 Å². The number of aromatic nitrogens is 1. The highest BCUT2D eigenvalue weighted by atomic mass is 16.4. The zero-order valence-corrected chi connectivity index (χ0v) is 9.23. The summed E-state index contributed by atoms with van der Waals surface area (Å²) in [6, 6.07) is 10.0. The van der Waals surface area contributed by atoms with E-state index in [-0.39, 0.29) is 5.56 Å². The molecule has 1 aromatic carbocycles. The Balaban J connectivity index is 2.60.